The fraction of sp³-hybridized carbons (Fsp3) is 0.462. The van der Waals surface area contributed by atoms with Gasteiger partial charge in [0, 0.05) is 24.6 Å². The monoisotopic (exact) mass is 234 g/mol. The van der Waals surface area contributed by atoms with Gasteiger partial charge in [0.15, 0.2) is 0 Å². The second kappa shape index (κ2) is 5.68. The number of amides is 1. The average Bonchev–Trinajstić information content (AvgIpc) is 2.81. The van der Waals surface area contributed by atoms with Crippen LogP contribution in [0.15, 0.2) is 24.3 Å². The number of aromatic hydroxyl groups is 1. The van der Waals surface area contributed by atoms with Crippen LogP contribution < -0.4 is 10.6 Å². The Hall–Kier alpha value is -1.55. The number of para-hydroxylation sites is 1. The molecule has 0 bridgehead atoms. The van der Waals surface area contributed by atoms with Crippen molar-refractivity contribution < 1.29 is 9.90 Å². The largest absolute Gasteiger partial charge is 0.508 e. The topological polar surface area (TPSA) is 61.4 Å². The molecular weight excluding hydrogens is 216 g/mol. The zero-order valence-electron chi connectivity index (χ0n) is 9.78. The van der Waals surface area contributed by atoms with Crippen molar-refractivity contribution in [3.8, 4) is 5.75 Å². The summed E-state index contributed by atoms with van der Waals surface area (Å²) in [5, 5.41) is 15.7. The van der Waals surface area contributed by atoms with Crippen LogP contribution in [-0.2, 0) is 11.3 Å². The lowest BCUT2D eigenvalue weighted by atomic mass is 10.1. The van der Waals surface area contributed by atoms with Crippen molar-refractivity contribution in [2.24, 2.45) is 0 Å². The first kappa shape index (κ1) is 11.9. The fourth-order valence-corrected chi connectivity index (χ4v) is 2.08. The van der Waals surface area contributed by atoms with Crippen LogP contribution in [0.1, 0.15) is 24.8 Å². The lowest BCUT2D eigenvalue weighted by Crippen LogP contribution is -2.31. The van der Waals surface area contributed by atoms with Crippen LogP contribution in [-0.4, -0.2) is 23.6 Å². The maximum Gasteiger partial charge on any atom is 0.221 e. The minimum atomic E-state index is 0.0349. The van der Waals surface area contributed by atoms with Gasteiger partial charge in [0.25, 0.3) is 0 Å². The molecule has 1 heterocycles. The molecule has 17 heavy (non-hydrogen) atoms. The lowest BCUT2D eigenvalue weighted by molar-refractivity contribution is -0.121. The van der Waals surface area contributed by atoms with Crippen LogP contribution in [0.5, 0.6) is 5.75 Å². The summed E-state index contributed by atoms with van der Waals surface area (Å²) in [6, 6.07) is 7.37. The number of nitrogens with one attached hydrogen (secondary N) is 2. The number of carbonyl (C=O) groups is 1. The third kappa shape index (κ3) is 3.46. The first-order chi connectivity index (χ1) is 8.25. The smallest absolute Gasteiger partial charge is 0.221 e. The zero-order valence-corrected chi connectivity index (χ0v) is 9.78. The number of benzene rings is 1. The summed E-state index contributed by atoms with van der Waals surface area (Å²) in [5.41, 5.74) is 0.750. The summed E-state index contributed by atoms with van der Waals surface area (Å²) in [5.74, 6) is 0.263. The molecular formula is C13H18N2O2. The molecule has 0 saturated carbocycles. The Kier molecular flexibility index (Phi) is 3.98. The molecule has 0 aromatic heterocycles. The third-order valence-electron chi connectivity index (χ3n) is 3.06. The fourth-order valence-electron chi connectivity index (χ4n) is 2.08. The first-order valence-corrected chi connectivity index (χ1v) is 6.02. The van der Waals surface area contributed by atoms with Gasteiger partial charge in [0.05, 0.1) is 0 Å². The maximum atomic E-state index is 11.7. The highest BCUT2D eigenvalue weighted by atomic mass is 16.3. The second-order valence-electron chi connectivity index (χ2n) is 4.40. The summed E-state index contributed by atoms with van der Waals surface area (Å²) >= 11 is 0. The number of phenolic OH excluding ortho intramolecular Hbond substituents is 1. The van der Waals surface area contributed by atoms with E-state index in [4.69, 9.17) is 0 Å². The molecule has 0 radical (unpaired) electrons. The highest BCUT2D eigenvalue weighted by molar-refractivity contribution is 5.76. The van der Waals surface area contributed by atoms with E-state index in [0.29, 0.717) is 19.0 Å². The predicted octanol–water partition coefficient (Wildman–Crippen LogP) is 1.15. The molecule has 2 rings (SSSR count). The molecule has 1 fully saturated rings. The van der Waals surface area contributed by atoms with Gasteiger partial charge < -0.3 is 15.7 Å². The summed E-state index contributed by atoms with van der Waals surface area (Å²) in [6.45, 7) is 1.40. The van der Waals surface area contributed by atoms with Crippen LogP contribution in [0.4, 0.5) is 0 Å². The lowest BCUT2D eigenvalue weighted by Gasteiger charge is -2.11. The van der Waals surface area contributed by atoms with Gasteiger partial charge in [-0.3, -0.25) is 4.79 Å². The highest BCUT2D eigenvalue weighted by Crippen LogP contribution is 2.15. The van der Waals surface area contributed by atoms with Gasteiger partial charge in [0.1, 0.15) is 5.75 Å². The molecule has 1 unspecified atom stereocenters. The van der Waals surface area contributed by atoms with E-state index in [1.54, 1.807) is 12.1 Å². The molecule has 1 aromatic carbocycles. The minimum Gasteiger partial charge on any atom is -0.508 e. The van der Waals surface area contributed by atoms with Gasteiger partial charge in [-0.05, 0) is 25.5 Å². The molecule has 4 nitrogen and oxygen atoms in total. The molecule has 0 aliphatic carbocycles. The van der Waals surface area contributed by atoms with Gasteiger partial charge in [-0.1, -0.05) is 18.2 Å². The van der Waals surface area contributed by atoms with Gasteiger partial charge in [-0.15, -0.1) is 0 Å². The predicted molar refractivity (Wildman–Crippen MR) is 65.6 cm³/mol. The van der Waals surface area contributed by atoms with E-state index in [-0.39, 0.29) is 11.7 Å². The highest BCUT2D eigenvalue weighted by Gasteiger charge is 2.17. The maximum absolute atomic E-state index is 11.7. The molecule has 1 saturated heterocycles. The summed E-state index contributed by atoms with van der Waals surface area (Å²) < 4.78 is 0. The summed E-state index contributed by atoms with van der Waals surface area (Å²) in [4.78, 5) is 11.7. The Morgan fingerprint density at radius 1 is 1.47 bits per heavy atom. The van der Waals surface area contributed by atoms with Gasteiger partial charge in [-0.2, -0.15) is 0 Å². The number of rotatable bonds is 4. The van der Waals surface area contributed by atoms with Crippen molar-refractivity contribution >= 4 is 5.91 Å². The number of hydrogen-bond acceptors (Lipinski definition) is 3. The summed E-state index contributed by atoms with van der Waals surface area (Å²) in [6.07, 6.45) is 2.75. The van der Waals surface area contributed by atoms with Crippen LogP contribution >= 0.6 is 0 Å². The Morgan fingerprint density at radius 3 is 3.00 bits per heavy atom. The Bertz CT molecular complexity index is 387. The van der Waals surface area contributed by atoms with Crippen LogP contribution in [0.3, 0.4) is 0 Å². The first-order valence-electron chi connectivity index (χ1n) is 6.02. The SMILES string of the molecule is O=C(CC1CCCN1)NCc1ccccc1O. The van der Waals surface area contributed by atoms with E-state index in [9.17, 15) is 9.90 Å². The molecule has 3 N–H and O–H groups in total. The van der Waals surface area contributed by atoms with Gasteiger partial charge in [0.2, 0.25) is 5.91 Å². The molecule has 0 spiro atoms. The average molecular weight is 234 g/mol. The molecule has 1 aromatic rings. The quantitative estimate of drug-likeness (QED) is 0.732. The van der Waals surface area contributed by atoms with Crippen molar-refractivity contribution in [2.45, 2.75) is 31.8 Å². The third-order valence-corrected chi connectivity index (χ3v) is 3.06. The van der Waals surface area contributed by atoms with E-state index in [2.05, 4.69) is 10.6 Å². The van der Waals surface area contributed by atoms with Crippen molar-refractivity contribution in [1.82, 2.24) is 10.6 Å². The molecule has 1 aliphatic heterocycles. The minimum absolute atomic E-state index is 0.0349. The van der Waals surface area contributed by atoms with Crippen molar-refractivity contribution in [3.63, 3.8) is 0 Å². The van der Waals surface area contributed by atoms with Crippen LogP contribution in [0.25, 0.3) is 0 Å². The standard InChI is InChI=1S/C13H18N2O2/c16-12-6-2-1-4-10(12)9-15-13(17)8-11-5-3-7-14-11/h1-2,4,6,11,14,16H,3,5,7-9H2,(H,15,17). The number of phenols is 1. The van der Waals surface area contributed by atoms with Crippen LogP contribution in [0.2, 0.25) is 0 Å². The number of hydrogen-bond donors (Lipinski definition) is 3. The Balaban J connectivity index is 1.77. The molecule has 4 heteroatoms. The molecule has 1 atom stereocenters. The van der Waals surface area contributed by atoms with E-state index in [1.165, 1.54) is 0 Å². The van der Waals surface area contributed by atoms with Crippen molar-refractivity contribution in [2.75, 3.05) is 6.54 Å². The molecule has 1 amide bonds. The van der Waals surface area contributed by atoms with Crippen LogP contribution in [0, 0.1) is 0 Å². The Morgan fingerprint density at radius 2 is 2.29 bits per heavy atom. The molecule has 92 valence electrons. The van der Waals surface area contributed by atoms with Crippen molar-refractivity contribution in [3.05, 3.63) is 29.8 Å². The van der Waals surface area contributed by atoms with Gasteiger partial charge >= 0.3 is 0 Å². The number of carbonyl (C=O) groups excluding carboxylic acids is 1. The van der Waals surface area contributed by atoms with E-state index in [0.717, 1.165) is 24.9 Å². The second-order valence-corrected chi connectivity index (χ2v) is 4.40. The van der Waals surface area contributed by atoms with Gasteiger partial charge in [-0.25, -0.2) is 0 Å². The van der Waals surface area contributed by atoms with E-state index < -0.39 is 0 Å². The normalized spacial score (nSPS) is 19.2. The van der Waals surface area contributed by atoms with E-state index in [1.807, 2.05) is 12.1 Å². The molecule has 1 aliphatic rings. The summed E-state index contributed by atoms with van der Waals surface area (Å²) in [7, 11) is 0. The van der Waals surface area contributed by atoms with Crippen molar-refractivity contribution in [1.29, 1.82) is 0 Å². The Labute approximate surface area is 101 Å². The zero-order chi connectivity index (χ0) is 12.1. The van der Waals surface area contributed by atoms with E-state index >= 15 is 0 Å².